The summed E-state index contributed by atoms with van der Waals surface area (Å²) in [5.41, 5.74) is -2.52. The zero-order valence-electron chi connectivity index (χ0n) is 8.04. The third kappa shape index (κ3) is 3.24. The first-order valence-corrected chi connectivity index (χ1v) is 4.79. The Hall–Kier alpha value is -1.52. The Balaban J connectivity index is 3.35. The van der Waals surface area contributed by atoms with Crippen LogP contribution in [0.25, 0.3) is 0 Å². The van der Waals surface area contributed by atoms with Gasteiger partial charge in [0.15, 0.2) is 11.4 Å². The Labute approximate surface area is 104 Å². The van der Waals surface area contributed by atoms with Gasteiger partial charge in [-0.2, -0.15) is 0 Å². The van der Waals surface area contributed by atoms with E-state index < -0.39 is 39.3 Å². The molecule has 0 aliphatic carbocycles. The molecule has 100 valence electrons. The van der Waals surface area contributed by atoms with Gasteiger partial charge in [-0.15, -0.1) is 13.2 Å². The van der Waals surface area contributed by atoms with Gasteiger partial charge in [0, 0.05) is 0 Å². The van der Waals surface area contributed by atoms with Crippen LogP contribution in [0.1, 0.15) is 12.1 Å². The van der Waals surface area contributed by atoms with E-state index in [4.69, 9.17) is 0 Å². The zero-order chi connectivity index (χ0) is 14.1. The van der Waals surface area contributed by atoms with Crippen molar-refractivity contribution in [1.29, 1.82) is 0 Å². The number of rotatable bonds is 3. The van der Waals surface area contributed by atoms with Crippen LogP contribution in [0.3, 0.4) is 0 Å². The van der Waals surface area contributed by atoms with Gasteiger partial charge in [-0.25, -0.2) is 13.8 Å². The Morgan fingerprint density at radius 2 is 2.00 bits per heavy atom. The van der Waals surface area contributed by atoms with E-state index in [1.807, 2.05) is 0 Å². The summed E-state index contributed by atoms with van der Waals surface area (Å²) in [5, 5.41) is 10.5. The number of hydrogen-bond donors (Lipinski definition) is 0. The maximum Gasteiger partial charge on any atom is 0.573 e. The molecule has 0 fully saturated rings. The molecule has 0 aliphatic rings. The Kier molecular flexibility index (Phi) is 4.04. The standard InChI is InChI=1S/C7H2BrF5N2O3/c8-3-2(18-7(11,12)13)1-14-4(6(9)10)5(3)15(16)17/h1,6H. The van der Waals surface area contributed by atoms with Gasteiger partial charge in [0.1, 0.15) is 4.47 Å². The van der Waals surface area contributed by atoms with E-state index >= 15 is 0 Å². The number of nitrogens with zero attached hydrogens (tertiary/aromatic N) is 2. The number of aromatic nitrogens is 1. The summed E-state index contributed by atoms with van der Waals surface area (Å²) in [5.74, 6) is -1.07. The van der Waals surface area contributed by atoms with Crippen LogP contribution in [0.15, 0.2) is 10.7 Å². The number of ether oxygens (including phenoxy) is 1. The summed E-state index contributed by atoms with van der Waals surface area (Å²) in [6.45, 7) is 0. The minimum Gasteiger partial charge on any atom is -0.403 e. The van der Waals surface area contributed by atoms with Gasteiger partial charge in [-0.3, -0.25) is 10.1 Å². The quantitative estimate of drug-likeness (QED) is 0.480. The molecule has 0 N–H and O–H groups in total. The van der Waals surface area contributed by atoms with Gasteiger partial charge < -0.3 is 4.74 Å². The lowest BCUT2D eigenvalue weighted by atomic mass is 10.3. The van der Waals surface area contributed by atoms with Gasteiger partial charge in [-0.05, 0) is 15.9 Å². The summed E-state index contributed by atoms with van der Waals surface area (Å²) in [6, 6.07) is 0. The first-order chi connectivity index (χ1) is 8.13. The van der Waals surface area contributed by atoms with Crippen molar-refractivity contribution in [3.05, 3.63) is 26.5 Å². The molecule has 18 heavy (non-hydrogen) atoms. The first kappa shape index (κ1) is 14.5. The molecule has 1 aromatic heterocycles. The van der Waals surface area contributed by atoms with Crippen LogP contribution in [0.2, 0.25) is 0 Å². The second-order valence-electron chi connectivity index (χ2n) is 2.78. The van der Waals surface area contributed by atoms with Gasteiger partial charge >= 0.3 is 12.0 Å². The molecule has 0 aliphatic heterocycles. The van der Waals surface area contributed by atoms with E-state index in [1.54, 1.807) is 0 Å². The van der Waals surface area contributed by atoms with Gasteiger partial charge in [0.05, 0.1) is 11.1 Å². The fourth-order valence-electron chi connectivity index (χ4n) is 1.00. The van der Waals surface area contributed by atoms with Crippen LogP contribution < -0.4 is 4.74 Å². The number of hydrogen-bond acceptors (Lipinski definition) is 4. The average molecular weight is 337 g/mol. The molecule has 0 bridgehead atoms. The molecule has 1 heterocycles. The average Bonchev–Trinajstić information content (AvgIpc) is 2.17. The van der Waals surface area contributed by atoms with Crippen molar-refractivity contribution in [1.82, 2.24) is 4.98 Å². The number of pyridine rings is 1. The lowest BCUT2D eigenvalue weighted by Gasteiger charge is -2.11. The summed E-state index contributed by atoms with van der Waals surface area (Å²) in [4.78, 5) is 12.2. The van der Waals surface area contributed by atoms with Crippen molar-refractivity contribution in [2.75, 3.05) is 0 Å². The fraction of sp³-hybridized carbons (Fsp3) is 0.286. The molecular weight excluding hydrogens is 335 g/mol. The summed E-state index contributed by atoms with van der Waals surface area (Å²) >= 11 is 2.41. The molecule has 0 radical (unpaired) electrons. The molecule has 1 aromatic rings. The summed E-state index contributed by atoms with van der Waals surface area (Å²) < 4.78 is 63.1. The topological polar surface area (TPSA) is 65.3 Å². The lowest BCUT2D eigenvalue weighted by molar-refractivity contribution is -0.387. The van der Waals surface area contributed by atoms with Gasteiger partial charge in [0.25, 0.3) is 6.43 Å². The van der Waals surface area contributed by atoms with E-state index in [9.17, 15) is 32.1 Å². The molecule has 11 heteroatoms. The largest absolute Gasteiger partial charge is 0.573 e. The maximum absolute atomic E-state index is 12.4. The predicted molar refractivity (Wildman–Crippen MR) is 50.2 cm³/mol. The van der Waals surface area contributed by atoms with E-state index in [1.165, 1.54) is 0 Å². The van der Waals surface area contributed by atoms with Crippen LogP contribution in [0.5, 0.6) is 5.75 Å². The Morgan fingerprint density at radius 3 is 2.39 bits per heavy atom. The lowest BCUT2D eigenvalue weighted by Crippen LogP contribution is -2.18. The molecule has 0 saturated carbocycles. The number of alkyl halides is 5. The van der Waals surface area contributed by atoms with Crippen molar-refractivity contribution >= 4 is 21.6 Å². The molecule has 0 amide bonds. The minimum absolute atomic E-state index is 0.325. The fourth-order valence-corrected chi connectivity index (χ4v) is 1.54. The highest BCUT2D eigenvalue weighted by Gasteiger charge is 2.36. The van der Waals surface area contributed by atoms with Crippen molar-refractivity contribution in [3.8, 4) is 5.75 Å². The highest BCUT2D eigenvalue weighted by Crippen LogP contribution is 2.40. The molecule has 0 saturated heterocycles. The first-order valence-electron chi connectivity index (χ1n) is 4.00. The molecule has 1 rings (SSSR count). The van der Waals surface area contributed by atoms with E-state index in [0.29, 0.717) is 6.20 Å². The minimum atomic E-state index is -5.12. The second-order valence-corrected chi connectivity index (χ2v) is 3.57. The van der Waals surface area contributed by atoms with E-state index in [-0.39, 0.29) is 0 Å². The third-order valence-electron chi connectivity index (χ3n) is 1.60. The van der Waals surface area contributed by atoms with Crippen molar-refractivity contribution in [2.24, 2.45) is 0 Å². The molecule has 0 atom stereocenters. The maximum atomic E-state index is 12.4. The van der Waals surface area contributed by atoms with Crippen LogP contribution in [-0.4, -0.2) is 16.3 Å². The highest BCUT2D eigenvalue weighted by molar-refractivity contribution is 9.10. The summed E-state index contributed by atoms with van der Waals surface area (Å²) in [6.07, 6.45) is -8.10. The number of halogens is 6. The molecule has 0 spiro atoms. The van der Waals surface area contributed by atoms with Crippen LogP contribution in [0.4, 0.5) is 27.6 Å². The summed E-state index contributed by atoms with van der Waals surface area (Å²) in [7, 11) is 0. The van der Waals surface area contributed by atoms with Crippen molar-refractivity contribution < 1.29 is 31.6 Å². The Bertz CT molecular complexity index is 479. The molecule has 0 aromatic carbocycles. The van der Waals surface area contributed by atoms with Gasteiger partial charge in [-0.1, -0.05) is 0 Å². The monoisotopic (exact) mass is 336 g/mol. The third-order valence-corrected chi connectivity index (χ3v) is 2.37. The van der Waals surface area contributed by atoms with E-state index in [0.717, 1.165) is 0 Å². The normalized spacial score (nSPS) is 11.7. The number of nitro groups is 1. The van der Waals surface area contributed by atoms with Crippen LogP contribution in [-0.2, 0) is 0 Å². The predicted octanol–water partition coefficient (Wildman–Crippen LogP) is 3.59. The van der Waals surface area contributed by atoms with Crippen LogP contribution >= 0.6 is 15.9 Å². The van der Waals surface area contributed by atoms with Crippen LogP contribution in [0, 0.1) is 10.1 Å². The molecule has 0 unspecified atom stereocenters. The second kappa shape index (κ2) is 5.00. The zero-order valence-corrected chi connectivity index (χ0v) is 9.63. The molecular formula is C7H2BrF5N2O3. The van der Waals surface area contributed by atoms with E-state index in [2.05, 4.69) is 25.7 Å². The van der Waals surface area contributed by atoms with Crippen molar-refractivity contribution in [2.45, 2.75) is 12.8 Å². The smallest absolute Gasteiger partial charge is 0.403 e. The highest BCUT2D eigenvalue weighted by atomic mass is 79.9. The van der Waals surface area contributed by atoms with Gasteiger partial charge in [0.2, 0.25) is 0 Å². The van der Waals surface area contributed by atoms with Crippen molar-refractivity contribution in [3.63, 3.8) is 0 Å². The molecule has 5 nitrogen and oxygen atoms in total. The SMILES string of the molecule is O=[N+]([O-])c1c(C(F)F)ncc(OC(F)(F)F)c1Br. The Morgan fingerprint density at radius 1 is 1.44 bits per heavy atom.